The van der Waals surface area contributed by atoms with E-state index in [9.17, 15) is 0 Å². The predicted octanol–water partition coefficient (Wildman–Crippen LogP) is 3.55. The van der Waals surface area contributed by atoms with Gasteiger partial charge in [0.15, 0.2) is 0 Å². The van der Waals surface area contributed by atoms with Gasteiger partial charge < -0.3 is 4.90 Å². The summed E-state index contributed by atoms with van der Waals surface area (Å²) in [4.78, 5) is 3.20. The smallest absolute Gasteiger partial charge is 0.0823 e. The Bertz CT molecular complexity index is 317. The van der Waals surface area contributed by atoms with Gasteiger partial charge in [-0.25, -0.2) is 0 Å². The van der Waals surface area contributed by atoms with Crippen LogP contribution in [0.2, 0.25) is 5.02 Å². The van der Waals surface area contributed by atoms with Gasteiger partial charge in [0, 0.05) is 24.5 Å². The molecule has 0 aliphatic heterocycles. The van der Waals surface area contributed by atoms with E-state index >= 15 is 0 Å². The Morgan fingerprint density at radius 2 is 1.73 bits per heavy atom. The Kier molecular flexibility index (Phi) is 5.06. The summed E-state index contributed by atoms with van der Waals surface area (Å²) in [6, 6.07) is 7.86. The van der Waals surface area contributed by atoms with Crippen molar-refractivity contribution in [1.82, 2.24) is 4.90 Å². The third kappa shape index (κ3) is 3.80. The van der Waals surface area contributed by atoms with Crippen LogP contribution in [0.25, 0.3) is 0 Å². The normalized spacial score (nSPS) is 10.1. The van der Waals surface area contributed by atoms with Crippen molar-refractivity contribution in [3.8, 4) is 0 Å². The third-order valence-corrected chi connectivity index (χ3v) is 3.04. The second kappa shape index (κ2) is 6.09. The lowest BCUT2D eigenvalue weighted by molar-refractivity contribution is 0.467. The number of thiocarbonyl (C=S) groups is 1. The molecule has 0 radical (unpaired) electrons. The van der Waals surface area contributed by atoms with E-state index in [1.807, 2.05) is 24.3 Å². The van der Waals surface area contributed by atoms with Crippen LogP contribution in [-0.2, 0) is 6.42 Å². The number of benzene rings is 1. The number of hydrogen-bond donors (Lipinski definition) is 0. The van der Waals surface area contributed by atoms with Gasteiger partial charge in [0.25, 0.3) is 0 Å². The zero-order valence-electron chi connectivity index (χ0n) is 9.16. The Hall–Kier alpha value is -0.600. The maximum atomic E-state index is 5.82. The van der Waals surface area contributed by atoms with Crippen molar-refractivity contribution in [3.05, 3.63) is 34.9 Å². The van der Waals surface area contributed by atoms with Gasteiger partial charge in [-0.05, 0) is 31.5 Å². The van der Waals surface area contributed by atoms with Crippen LogP contribution in [0.3, 0.4) is 0 Å². The van der Waals surface area contributed by atoms with Crippen molar-refractivity contribution in [2.24, 2.45) is 0 Å². The lowest BCUT2D eigenvalue weighted by Gasteiger charge is -2.21. The Morgan fingerprint density at radius 3 is 2.20 bits per heavy atom. The lowest BCUT2D eigenvalue weighted by atomic mass is 10.1. The molecule has 0 unspecified atom stereocenters. The first-order valence-electron chi connectivity index (χ1n) is 5.19. The van der Waals surface area contributed by atoms with E-state index < -0.39 is 0 Å². The molecule has 0 N–H and O–H groups in total. The number of halogens is 1. The Labute approximate surface area is 102 Å². The zero-order valence-corrected chi connectivity index (χ0v) is 10.7. The average Bonchev–Trinajstić information content (AvgIpc) is 2.23. The summed E-state index contributed by atoms with van der Waals surface area (Å²) in [5.74, 6) is 0. The fraction of sp³-hybridized carbons (Fsp3) is 0.417. The molecule has 15 heavy (non-hydrogen) atoms. The summed E-state index contributed by atoms with van der Waals surface area (Å²) in [6.45, 7) is 6.20. The zero-order chi connectivity index (χ0) is 11.3. The largest absolute Gasteiger partial charge is 0.366 e. The van der Waals surface area contributed by atoms with E-state index in [4.69, 9.17) is 23.8 Å². The van der Waals surface area contributed by atoms with Crippen molar-refractivity contribution >= 4 is 28.8 Å². The first kappa shape index (κ1) is 12.5. The minimum Gasteiger partial charge on any atom is -0.366 e. The first-order chi connectivity index (χ1) is 7.17. The minimum absolute atomic E-state index is 0.771. The molecule has 1 rings (SSSR count). The van der Waals surface area contributed by atoms with E-state index in [2.05, 4.69) is 18.7 Å². The molecule has 1 aromatic carbocycles. The second-order valence-electron chi connectivity index (χ2n) is 3.37. The molecular weight excluding hydrogens is 226 g/mol. The second-order valence-corrected chi connectivity index (χ2v) is 4.28. The maximum Gasteiger partial charge on any atom is 0.0823 e. The number of hydrogen-bond acceptors (Lipinski definition) is 1. The van der Waals surface area contributed by atoms with E-state index in [1.54, 1.807) is 0 Å². The SMILES string of the molecule is CCN(CC)C(=S)Cc1ccc(Cl)cc1. The van der Waals surface area contributed by atoms with E-state index in [0.717, 1.165) is 29.5 Å². The predicted molar refractivity (Wildman–Crippen MR) is 70.7 cm³/mol. The van der Waals surface area contributed by atoms with Crippen LogP contribution in [0.1, 0.15) is 19.4 Å². The molecule has 0 saturated heterocycles. The molecule has 0 aromatic heterocycles. The molecule has 0 saturated carbocycles. The fourth-order valence-electron chi connectivity index (χ4n) is 1.46. The monoisotopic (exact) mass is 241 g/mol. The van der Waals surface area contributed by atoms with Crippen molar-refractivity contribution in [3.63, 3.8) is 0 Å². The summed E-state index contributed by atoms with van der Waals surface area (Å²) < 4.78 is 0. The van der Waals surface area contributed by atoms with Crippen molar-refractivity contribution in [2.45, 2.75) is 20.3 Å². The van der Waals surface area contributed by atoms with E-state index in [-0.39, 0.29) is 0 Å². The highest BCUT2D eigenvalue weighted by molar-refractivity contribution is 7.80. The molecule has 1 nitrogen and oxygen atoms in total. The van der Waals surface area contributed by atoms with Gasteiger partial charge >= 0.3 is 0 Å². The van der Waals surface area contributed by atoms with Gasteiger partial charge in [-0.15, -0.1) is 0 Å². The lowest BCUT2D eigenvalue weighted by Crippen LogP contribution is -2.30. The average molecular weight is 242 g/mol. The molecule has 1 aromatic rings. The third-order valence-electron chi connectivity index (χ3n) is 2.38. The van der Waals surface area contributed by atoms with Crippen LogP contribution < -0.4 is 0 Å². The van der Waals surface area contributed by atoms with E-state index in [1.165, 1.54) is 5.56 Å². The highest BCUT2D eigenvalue weighted by Crippen LogP contribution is 2.11. The van der Waals surface area contributed by atoms with Gasteiger partial charge in [-0.2, -0.15) is 0 Å². The summed E-state index contributed by atoms with van der Waals surface area (Å²) >= 11 is 11.2. The van der Waals surface area contributed by atoms with Crippen molar-refractivity contribution < 1.29 is 0 Å². The van der Waals surface area contributed by atoms with Gasteiger partial charge in [-0.1, -0.05) is 36.0 Å². The fourth-order valence-corrected chi connectivity index (χ4v) is 2.02. The summed E-state index contributed by atoms with van der Waals surface area (Å²) in [5.41, 5.74) is 1.22. The van der Waals surface area contributed by atoms with Crippen LogP contribution >= 0.6 is 23.8 Å². The number of nitrogens with zero attached hydrogens (tertiary/aromatic N) is 1. The summed E-state index contributed by atoms with van der Waals surface area (Å²) in [7, 11) is 0. The van der Waals surface area contributed by atoms with Crippen LogP contribution in [0, 0.1) is 0 Å². The Morgan fingerprint density at radius 1 is 1.20 bits per heavy atom. The molecule has 0 bridgehead atoms. The molecule has 0 aliphatic rings. The highest BCUT2D eigenvalue weighted by Gasteiger charge is 2.05. The first-order valence-corrected chi connectivity index (χ1v) is 5.98. The molecule has 82 valence electrons. The quantitative estimate of drug-likeness (QED) is 0.742. The molecule has 0 spiro atoms. The van der Waals surface area contributed by atoms with Crippen LogP contribution in [0.15, 0.2) is 24.3 Å². The van der Waals surface area contributed by atoms with Crippen molar-refractivity contribution in [2.75, 3.05) is 13.1 Å². The van der Waals surface area contributed by atoms with Gasteiger partial charge in [-0.3, -0.25) is 0 Å². The molecule has 0 fully saturated rings. The van der Waals surface area contributed by atoms with Gasteiger partial charge in [0.1, 0.15) is 0 Å². The van der Waals surface area contributed by atoms with Crippen molar-refractivity contribution in [1.29, 1.82) is 0 Å². The number of rotatable bonds is 4. The topological polar surface area (TPSA) is 3.24 Å². The molecule has 0 aliphatic carbocycles. The molecule has 3 heteroatoms. The van der Waals surface area contributed by atoms with Gasteiger partial charge in [0.05, 0.1) is 4.99 Å². The standard InChI is InChI=1S/C12H16ClNS/c1-3-14(4-2)12(15)9-10-5-7-11(13)8-6-10/h5-8H,3-4,9H2,1-2H3. The van der Waals surface area contributed by atoms with Crippen LogP contribution in [-0.4, -0.2) is 23.0 Å². The summed E-state index contributed by atoms with van der Waals surface area (Å²) in [6.07, 6.45) is 0.828. The highest BCUT2D eigenvalue weighted by atomic mass is 35.5. The Balaban J connectivity index is 2.61. The molecule has 0 amide bonds. The minimum atomic E-state index is 0.771. The molecule has 0 atom stereocenters. The van der Waals surface area contributed by atoms with Crippen LogP contribution in [0.5, 0.6) is 0 Å². The maximum absolute atomic E-state index is 5.82. The van der Waals surface area contributed by atoms with Gasteiger partial charge in [0.2, 0.25) is 0 Å². The van der Waals surface area contributed by atoms with E-state index in [0.29, 0.717) is 0 Å². The van der Waals surface area contributed by atoms with Crippen LogP contribution in [0.4, 0.5) is 0 Å². The number of likely N-dealkylation sites (N-methyl/N-ethyl adjacent to an activating group) is 1. The molecule has 0 heterocycles. The molecular formula is C12H16ClNS. The summed E-state index contributed by atoms with van der Waals surface area (Å²) in [5, 5.41) is 0.771.